The Hall–Kier alpha value is -3.32. The molecule has 0 aliphatic carbocycles. The van der Waals surface area contributed by atoms with Crippen LogP contribution in [-0.2, 0) is 17.8 Å². The van der Waals surface area contributed by atoms with E-state index in [1.54, 1.807) is 32.6 Å². The van der Waals surface area contributed by atoms with Crippen molar-refractivity contribution < 1.29 is 19.0 Å². The molecule has 0 unspecified atom stereocenters. The molecular formula is C24H23BrN2O4. The molecule has 0 aliphatic rings. The molecule has 0 radical (unpaired) electrons. The second-order valence-electron chi connectivity index (χ2n) is 6.62. The minimum absolute atomic E-state index is 0.160. The van der Waals surface area contributed by atoms with Gasteiger partial charge in [-0.05, 0) is 41.5 Å². The maximum Gasteiger partial charge on any atom is 0.244 e. The van der Waals surface area contributed by atoms with Gasteiger partial charge in [0.05, 0.1) is 26.9 Å². The lowest BCUT2D eigenvalue weighted by Gasteiger charge is -2.10. The zero-order chi connectivity index (χ0) is 22.1. The third-order valence-corrected chi connectivity index (χ3v) is 4.91. The van der Waals surface area contributed by atoms with Gasteiger partial charge in [0.15, 0.2) is 11.5 Å². The summed E-state index contributed by atoms with van der Waals surface area (Å²) >= 11 is 3.46. The number of rotatable bonds is 9. The van der Waals surface area contributed by atoms with Crippen LogP contribution < -0.4 is 19.6 Å². The number of hydrogen-bond donors (Lipinski definition) is 1. The first-order chi connectivity index (χ1) is 15.1. The molecule has 0 heterocycles. The molecule has 0 atom stereocenters. The lowest BCUT2D eigenvalue weighted by Crippen LogP contribution is -2.19. The second-order valence-corrected chi connectivity index (χ2v) is 7.53. The third kappa shape index (κ3) is 6.58. The molecule has 3 rings (SSSR count). The molecule has 0 aromatic heterocycles. The van der Waals surface area contributed by atoms with Gasteiger partial charge in [0, 0.05) is 10.0 Å². The number of methoxy groups -OCH3 is 2. The van der Waals surface area contributed by atoms with Gasteiger partial charge < -0.3 is 14.2 Å². The van der Waals surface area contributed by atoms with Crippen LogP contribution in [-0.4, -0.2) is 26.3 Å². The van der Waals surface area contributed by atoms with Crippen molar-refractivity contribution in [2.75, 3.05) is 14.2 Å². The first-order valence-electron chi connectivity index (χ1n) is 9.58. The molecule has 7 heteroatoms. The van der Waals surface area contributed by atoms with E-state index in [0.717, 1.165) is 21.2 Å². The van der Waals surface area contributed by atoms with E-state index >= 15 is 0 Å². The molecule has 6 nitrogen and oxygen atoms in total. The lowest BCUT2D eigenvalue weighted by atomic mass is 10.1. The number of hydrazone groups is 1. The van der Waals surface area contributed by atoms with Crippen molar-refractivity contribution in [3.63, 3.8) is 0 Å². The first-order valence-corrected chi connectivity index (χ1v) is 10.4. The maximum atomic E-state index is 12.3. The minimum Gasteiger partial charge on any atom is -0.493 e. The van der Waals surface area contributed by atoms with Crippen LogP contribution in [0, 0.1) is 0 Å². The molecule has 1 N–H and O–H groups in total. The van der Waals surface area contributed by atoms with E-state index in [1.165, 1.54) is 0 Å². The number of amides is 1. The minimum atomic E-state index is -0.245. The predicted octanol–water partition coefficient (Wildman–Crippen LogP) is 4.74. The van der Waals surface area contributed by atoms with Crippen molar-refractivity contribution in [2.24, 2.45) is 5.10 Å². The predicted molar refractivity (Wildman–Crippen MR) is 124 cm³/mol. The second kappa shape index (κ2) is 11.2. The van der Waals surface area contributed by atoms with Gasteiger partial charge in [0.25, 0.3) is 0 Å². The number of halogens is 1. The number of nitrogens with zero attached hydrogens (tertiary/aromatic N) is 1. The van der Waals surface area contributed by atoms with Crippen molar-refractivity contribution in [3.05, 3.63) is 87.9 Å². The van der Waals surface area contributed by atoms with E-state index in [2.05, 4.69) is 26.5 Å². The quantitative estimate of drug-likeness (QED) is 0.353. The highest BCUT2D eigenvalue weighted by Gasteiger charge is 2.08. The Balaban J connectivity index is 1.62. The highest BCUT2D eigenvalue weighted by Crippen LogP contribution is 2.27. The monoisotopic (exact) mass is 482 g/mol. The fourth-order valence-corrected chi connectivity index (χ4v) is 3.26. The summed E-state index contributed by atoms with van der Waals surface area (Å²) in [6.07, 6.45) is 1.73. The number of carbonyl (C=O) groups is 1. The maximum absolute atomic E-state index is 12.3. The van der Waals surface area contributed by atoms with Crippen molar-refractivity contribution in [2.45, 2.75) is 13.0 Å². The molecule has 3 aromatic rings. The van der Waals surface area contributed by atoms with Crippen LogP contribution in [0.3, 0.4) is 0 Å². The molecule has 0 fully saturated rings. The van der Waals surface area contributed by atoms with Gasteiger partial charge in [-0.1, -0.05) is 52.3 Å². The highest BCUT2D eigenvalue weighted by molar-refractivity contribution is 9.10. The van der Waals surface area contributed by atoms with E-state index in [0.29, 0.717) is 23.9 Å². The van der Waals surface area contributed by atoms with Crippen molar-refractivity contribution in [3.8, 4) is 17.2 Å². The van der Waals surface area contributed by atoms with Gasteiger partial charge >= 0.3 is 0 Å². The summed E-state index contributed by atoms with van der Waals surface area (Å²) in [5, 5.41) is 4.09. The molecule has 160 valence electrons. The van der Waals surface area contributed by atoms with Crippen LogP contribution >= 0.6 is 15.9 Å². The largest absolute Gasteiger partial charge is 0.493 e. The van der Waals surface area contributed by atoms with E-state index in [4.69, 9.17) is 14.2 Å². The Labute approximate surface area is 190 Å². The summed E-state index contributed by atoms with van der Waals surface area (Å²) in [6.45, 7) is 0.439. The standard InChI is InChI=1S/C24H23BrN2O4/c1-29-22-10-8-18(12-23(22)30-2)13-24(28)27-26-15-19-14-20(25)9-11-21(19)31-16-17-6-4-3-5-7-17/h3-12,14-15H,13,16H2,1-2H3,(H,27,28)/b26-15-. The number of carbonyl (C=O) groups excluding carboxylic acids is 1. The first kappa shape index (κ1) is 22.4. The van der Waals surface area contributed by atoms with Crippen LogP contribution in [0.1, 0.15) is 16.7 Å². The van der Waals surface area contributed by atoms with Crippen molar-refractivity contribution in [1.29, 1.82) is 0 Å². The Kier molecular flexibility index (Phi) is 8.06. The van der Waals surface area contributed by atoms with E-state index in [9.17, 15) is 4.79 Å². The van der Waals surface area contributed by atoms with Crippen LogP contribution in [0.4, 0.5) is 0 Å². The zero-order valence-corrected chi connectivity index (χ0v) is 18.9. The molecule has 0 aliphatic heterocycles. The number of benzene rings is 3. The molecule has 31 heavy (non-hydrogen) atoms. The summed E-state index contributed by atoms with van der Waals surface area (Å²) in [5.41, 5.74) is 5.16. The van der Waals surface area contributed by atoms with Gasteiger partial charge in [0.2, 0.25) is 5.91 Å². The average molecular weight is 483 g/mol. The van der Waals surface area contributed by atoms with Crippen LogP contribution in [0.15, 0.2) is 76.3 Å². The van der Waals surface area contributed by atoms with E-state index in [1.807, 2.05) is 54.6 Å². The smallest absolute Gasteiger partial charge is 0.244 e. The normalized spacial score (nSPS) is 10.7. The Morgan fingerprint density at radius 1 is 0.935 bits per heavy atom. The number of hydrogen-bond acceptors (Lipinski definition) is 5. The Morgan fingerprint density at radius 3 is 2.42 bits per heavy atom. The van der Waals surface area contributed by atoms with E-state index in [-0.39, 0.29) is 12.3 Å². The summed E-state index contributed by atoms with van der Waals surface area (Å²) in [7, 11) is 3.13. The van der Waals surface area contributed by atoms with Gasteiger partial charge in [0.1, 0.15) is 12.4 Å². The molecular weight excluding hydrogens is 460 g/mol. The number of nitrogens with one attached hydrogen (secondary N) is 1. The molecule has 0 saturated heterocycles. The van der Waals surface area contributed by atoms with Gasteiger partial charge in [-0.15, -0.1) is 0 Å². The van der Waals surface area contributed by atoms with Crippen LogP contribution in [0.5, 0.6) is 17.2 Å². The summed E-state index contributed by atoms with van der Waals surface area (Å²) < 4.78 is 17.3. The zero-order valence-electron chi connectivity index (χ0n) is 17.3. The van der Waals surface area contributed by atoms with Gasteiger partial charge in [-0.2, -0.15) is 5.10 Å². The van der Waals surface area contributed by atoms with Crippen LogP contribution in [0.2, 0.25) is 0 Å². The third-order valence-electron chi connectivity index (χ3n) is 4.41. The summed E-state index contributed by atoms with van der Waals surface area (Å²) in [5.74, 6) is 1.61. The SMILES string of the molecule is COc1ccc(CC(=O)N/N=C\c2cc(Br)ccc2OCc2ccccc2)cc1OC. The topological polar surface area (TPSA) is 69.2 Å². The lowest BCUT2D eigenvalue weighted by molar-refractivity contribution is -0.120. The van der Waals surface area contributed by atoms with E-state index < -0.39 is 0 Å². The van der Waals surface area contributed by atoms with Crippen molar-refractivity contribution >= 4 is 28.1 Å². The number of ether oxygens (including phenoxy) is 3. The summed E-state index contributed by atoms with van der Waals surface area (Å²) in [4.78, 5) is 12.3. The van der Waals surface area contributed by atoms with Gasteiger partial charge in [-0.25, -0.2) is 5.43 Å². The fraction of sp³-hybridized carbons (Fsp3) is 0.167. The molecule has 0 saturated carbocycles. The van der Waals surface area contributed by atoms with Gasteiger partial charge in [-0.3, -0.25) is 4.79 Å². The molecule has 0 bridgehead atoms. The molecule has 3 aromatic carbocycles. The van der Waals surface area contributed by atoms with Crippen molar-refractivity contribution in [1.82, 2.24) is 5.43 Å². The Morgan fingerprint density at radius 2 is 1.68 bits per heavy atom. The fourth-order valence-electron chi connectivity index (χ4n) is 2.88. The molecule has 1 amide bonds. The highest BCUT2D eigenvalue weighted by atomic mass is 79.9. The molecule has 0 spiro atoms. The van der Waals surface area contributed by atoms with Crippen LogP contribution in [0.25, 0.3) is 0 Å². The average Bonchev–Trinajstić information content (AvgIpc) is 2.79. The Bertz CT molecular complexity index is 1050. The summed E-state index contributed by atoms with van der Waals surface area (Å²) in [6, 6.07) is 20.9.